The molecule has 0 unspecified atom stereocenters. The van der Waals surface area contributed by atoms with Gasteiger partial charge in [0.15, 0.2) is 5.82 Å². The lowest BCUT2D eigenvalue weighted by Gasteiger charge is -2.26. The van der Waals surface area contributed by atoms with Crippen molar-refractivity contribution in [2.45, 2.75) is 32.7 Å². The van der Waals surface area contributed by atoms with Gasteiger partial charge in [0.1, 0.15) is 12.4 Å². The molecule has 0 spiro atoms. The number of aryl methyl sites for hydroxylation is 1. The highest BCUT2D eigenvalue weighted by Gasteiger charge is 2.17. The number of aromatic nitrogens is 6. The Kier molecular flexibility index (Phi) is 6.62. The normalized spacial score (nSPS) is 14.1. The Hall–Kier alpha value is -3.92. The summed E-state index contributed by atoms with van der Waals surface area (Å²) in [4.78, 5) is 23.0. The number of morpholine rings is 1. The molecule has 0 bridgehead atoms. The van der Waals surface area contributed by atoms with Crippen LogP contribution in [0.2, 0.25) is 0 Å². The molecule has 4 aromatic rings. The monoisotopic (exact) mass is 472 g/mol. The van der Waals surface area contributed by atoms with Gasteiger partial charge in [-0.25, -0.2) is 4.98 Å². The average molecular weight is 473 g/mol. The van der Waals surface area contributed by atoms with Crippen LogP contribution in [-0.2, 0) is 16.1 Å². The van der Waals surface area contributed by atoms with Gasteiger partial charge < -0.3 is 15.0 Å². The summed E-state index contributed by atoms with van der Waals surface area (Å²) in [5.74, 6) is 1.76. The highest BCUT2D eigenvalue weighted by Crippen LogP contribution is 2.24. The van der Waals surface area contributed by atoms with Gasteiger partial charge in [0.2, 0.25) is 5.91 Å². The van der Waals surface area contributed by atoms with Crippen molar-refractivity contribution in [2.24, 2.45) is 0 Å². The van der Waals surface area contributed by atoms with Crippen LogP contribution in [0.25, 0.3) is 22.2 Å². The summed E-state index contributed by atoms with van der Waals surface area (Å²) in [7, 11) is 0. The first-order valence-corrected chi connectivity index (χ1v) is 11.8. The van der Waals surface area contributed by atoms with Crippen LogP contribution in [0.15, 0.2) is 49.1 Å². The lowest BCUT2D eigenvalue weighted by Crippen LogP contribution is -2.42. The number of nitrogens with zero attached hydrogens (tertiary/aromatic N) is 7. The van der Waals surface area contributed by atoms with Gasteiger partial charge >= 0.3 is 0 Å². The number of anilines is 2. The molecule has 1 aliphatic heterocycles. The van der Waals surface area contributed by atoms with E-state index in [1.165, 1.54) is 0 Å². The Balaban J connectivity index is 1.27. The molecule has 0 aromatic carbocycles. The van der Waals surface area contributed by atoms with Crippen molar-refractivity contribution in [3.05, 3.63) is 54.6 Å². The molecule has 0 atom stereocenters. The van der Waals surface area contributed by atoms with E-state index in [9.17, 15) is 4.79 Å². The smallest absolute Gasteiger partial charge is 0.248 e. The number of ether oxygens (including phenoxy) is 1. The molecule has 1 fully saturated rings. The minimum absolute atomic E-state index is 0.0562. The first-order valence-electron chi connectivity index (χ1n) is 11.8. The van der Waals surface area contributed by atoms with E-state index in [4.69, 9.17) is 9.72 Å². The third-order valence-electron chi connectivity index (χ3n) is 6.00. The summed E-state index contributed by atoms with van der Waals surface area (Å²) in [6, 6.07) is 7.82. The van der Waals surface area contributed by atoms with Gasteiger partial charge in [0.25, 0.3) is 0 Å². The number of hydrogen-bond acceptors (Lipinski definition) is 8. The van der Waals surface area contributed by atoms with Crippen LogP contribution in [0, 0.1) is 0 Å². The van der Waals surface area contributed by atoms with Gasteiger partial charge in [0.05, 0.1) is 30.0 Å². The minimum atomic E-state index is 0.0562. The van der Waals surface area contributed by atoms with E-state index in [0.717, 1.165) is 40.7 Å². The van der Waals surface area contributed by atoms with E-state index >= 15 is 0 Å². The second kappa shape index (κ2) is 10.1. The minimum Gasteiger partial charge on any atom is -0.370 e. The van der Waals surface area contributed by atoms with E-state index in [-0.39, 0.29) is 12.5 Å². The van der Waals surface area contributed by atoms with E-state index < -0.39 is 0 Å². The summed E-state index contributed by atoms with van der Waals surface area (Å²) in [6.07, 6.45) is 8.28. The van der Waals surface area contributed by atoms with Crippen LogP contribution in [0.3, 0.4) is 0 Å². The number of pyridine rings is 2. The fourth-order valence-corrected chi connectivity index (χ4v) is 3.97. The van der Waals surface area contributed by atoms with Gasteiger partial charge in [0, 0.05) is 43.2 Å². The molecule has 1 aliphatic rings. The largest absolute Gasteiger partial charge is 0.370 e. The van der Waals surface area contributed by atoms with E-state index in [0.29, 0.717) is 37.3 Å². The number of nitrogens with one attached hydrogen (secondary N) is 1. The average Bonchev–Trinajstić information content (AvgIpc) is 3.34. The van der Waals surface area contributed by atoms with Crippen molar-refractivity contribution in [3.8, 4) is 11.1 Å². The maximum absolute atomic E-state index is 11.9. The summed E-state index contributed by atoms with van der Waals surface area (Å²) in [5.41, 5.74) is 4.61. The highest BCUT2D eigenvalue weighted by molar-refractivity contribution is 5.81. The molecule has 1 saturated heterocycles. The van der Waals surface area contributed by atoms with Crippen LogP contribution < -0.4 is 5.32 Å². The van der Waals surface area contributed by atoms with Gasteiger partial charge in [-0.1, -0.05) is 13.8 Å². The van der Waals surface area contributed by atoms with Crippen molar-refractivity contribution in [1.82, 2.24) is 34.8 Å². The van der Waals surface area contributed by atoms with Crippen LogP contribution in [0.5, 0.6) is 0 Å². The molecule has 10 heteroatoms. The number of rotatable bonds is 8. The second-order valence-corrected chi connectivity index (χ2v) is 8.89. The predicted molar refractivity (Wildman–Crippen MR) is 132 cm³/mol. The Labute approximate surface area is 203 Å². The maximum Gasteiger partial charge on any atom is 0.248 e. The van der Waals surface area contributed by atoms with E-state index in [1.54, 1.807) is 6.20 Å². The maximum atomic E-state index is 11.9. The molecule has 1 amide bonds. The highest BCUT2D eigenvalue weighted by atomic mass is 16.5. The zero-order valence-electron chi connectivity index (χ0n) is 19.9. The molecule has 0 aliphatic carbocycles. The molecular formula is C25H28N8O2. The lowest BCUT2D eigenvalue weighted by molar-refractivity contribution is -0.142. The lowest BCUT2D eigenvalue weighted by atomic mass is 10.1. The molecular weight excluding hydrogens is 444 g/mol. The van der Waals surface area contributed by atoms with E-state index in [1.807, 2.05) is 52.4 Å². The number of hydrogen-bond donors (Lipinski definition) is 1. The van der Waals surface area contributed by atoms with Crippen LogP contribution in [0.1, 0.15) is 31.7 Å². The third kappa shape index (κ3) is 5.43. The van der Waals surface area contributed by atoms with Gasteiger partial charge in [-0.2, -0.15) is 10.2 Å². The quantitative estimate of drug-likeness (QED) is 0.415. The first-order chi connectivity index (χ1) is 17.0. The van der Waals surface area contributed by atoms with Crippen molar-refractivity contribution in [3.63, 3.8) is 0 Å². The SMILES string of the molecule is CC(C)c1cnnc(Nc2ccc3ncc(-c4cnn(CCCN5CCOCC5=O)c4)cc3n2)c1. The zero-order chi connectivity index (χ0) is 24.2. The van der Waals surface area contributed by atoms with Crippen LogP contribution in [0.4, 0.5) is 11.6 Å². The van der Waals surface area contributed by atoms with Gasteiger partial charge in [-0.15, -0.1) is 5.10 Å². The molecule has 5 rings (SSSR count). The summed E-state index contributed by atoms with van der Waals surface area (Å²) >= 11 is 0. The third-order valence-corrected chi connectivity index (χ3v) is 6.00. The fraction of sp³-hybridized carbons (Fsp3) is 0.360. The van der Waals surface area contributed by atoms with Crippen molar-refractivity contribution in [2.75, 3.05) is 31.6 Å². The van der Waals surface area contributed by atoms with E-state index in [2.05, 4.69) is 39.4 Å². The molecule has 0 saturated carbocycles. The Morgan fingerprint density at radius 1 is 1.06 bits per heavy atom. The molecule has 180 valence electrons. The van der Waals surface area contributed by atoms with Crippen molar-refractivity contribution in [1.29, 1.82) is 0 Å². The molecule has 4 aromatic heterocycles. The molecule has 1 N–H and O–H groups in total. The van der Waals surface area contributed by atoms with Crippen molar-refractivity contribution >= 4 is 28.6 Å². The number of fused-ring (bicyclic) bond motifs is 1. The second-order valence-electron chi connectivity index (χ2n) is 8.89. The Morgan fingerprint density at radius 3 is 2.83 bits per heavy atom. The standard InChI is InChI=1S/C25H28N8O2/c1-17(2)18-11-24(31-27-13-18)30-23-5-4-21-22(29-23)10-19(12-26-21)20-14-28-33(15-20)7-3-6-32-8-9-35-16-25(32)34/h4-5,10-15,17H,3,6-9,16H2,1-2H3,(H,29,30,31). The fourth-order valence-electron chi connectivity index (χ4n) is 3.97. The Morgan fingerprint density at radius 2 is 1.97 bits per heavy atom. The molecule has 5 heterocycles. The van der Waals surface area contributed by atoms with Gasteiger partial charge in [-0.05, 0) is 42.2 Å². The van der Waals surface area contributed by atoms with Crippen LogP contribution in [-0.4, -0.2) is 67.1 Å². The molecule has 35 heavy (non-hydrogen) atoms. The van der Waals surface area contributed by atoms with Crippen LogP contribution >= 0.6 is 0 Å². The zero-order valence-corrected chi connectivity index (χ0v) is 19.9. The molecule has 0 radical (unpaired) electrons. The topological polar surface area (TPSA) is 111 Å². The molecule has 10 nitrogen and oxygen atoms in total. The number of carbonyl (C=O) groups excluding carboxylic acids is 1. The van der Waals surface area contributed by atoms with Crippen molar-refractivity contribution < 1.29 is 9.53 Å². The van der Waals surface area contributed by atoms with Gasteiger partial charge in [-0.3, -0.25) is 14.5 Å². The Bertz CT molecular complexity index is 1340. The predicted octanol–water partition coefficient (Wildman–Crippen LogP) is 3.40. The summed E-state index contributed by atoms with van der Waals surface area (Å²) < 4.78 is 7.08. The summed E-state index contributed by atoms with van der Waals surface area (Å²) in [5, 5.41) is 16.0. The summed E-state index contributed by atoms with van der Waals surface area (Å²) in [6.45, 7) is 7.13. The number of amides is 1. The first kappa shape index (κ1) is 22.9. The number of carbonyl (C=O) groups is 1.